The van der Waals surface area contributed by atoms with E-state index in [1.165, 1.54) is 0 Å². The summed E-state index contributed by atoms with van der Waals surface area (Å²) in [5.41, 5.74) is 0. The second-order valence-corrected chi connectivity index (χ2v) is 1.99. The van der Waals surface area contributed by atoms with Crippen LogP contribution in [-0.4, -0.2) is 36.4 Å². The number of rotatable bonds is 0. The van der Waals surface area contributed by atoms with Gasteiger partial charge in [-0.3, -0.25) is 0 Å². The van der Waals surface area contributed by atoms with Crippen LogP contribution in [0.5, 0.6) is 0 Å². The fourth-order valence-corrected chi connectivity index (χ4v) is 0.655. The molecule has 4 nitrogen and oxygen atoms in total. The minimum absolute atomic E-state index is 0.778. The first kappa shape index (κ1) is 8.23. The van der Waals surface area contributed by atoms with Crippen LogP contribution in [0.25, 0.3) is 0 Å². The van der Waals surface area contributed by atoms with Gasteiger partial charge >= 0.3 is 0 Å². The summed E-state index contributed by atoms with van der Waals surface area (Å²) in [6.45, 7) is 3.11. The van der Waals surface area contributed by atoms with E-state index < -0.39 is 0 Å². The third-order valence-corrected chi connectivity index (χ3v) is 1.15. The van der Waals surface area contributed by atoms with Gasteiger partial charge in [-0.2, -0.15) is 0 Å². The van der Waals surface area contributed by atoms with Gasteiger partial charge < -0.3 is 14.5 Å². The van der Waals surface area contributed by atoms with E-state index in [0.29, 0.717) is 0 Å². The van der Waals surface area contributed by atoms with Crippen LogP contribution in [0.15, 0.2) is 18.7 Å². The second-order valence-electron chi connectivity index (χ2n) is 1.99. The highest BCUT2D eigenvalue weighted by Gasteiger charge is 1.94. The Balaban J connectivity index is 0.000000112. The molecule has 0 atom stereocenters. The van der Waals surface area contributed by atoms with Crippen molar-refractivity contribution in [2.24, 2.45) is 0 Å². The van der Waals surface area contributed by atoms with E-state index in [0.717, 1.165) is 26.4 Å². The molecule has 0 bridgehead atoms. The molecule has 2 heterocycles. The van der Waals surface area contributed by atoms with E-state index in [1.807, 2.05) is 0 Å². The lowest BCUT2D eigenvalue weighted by Crippen LogP contribution is -2.16. The molecule has 11 heavy (non-hydrogen) atoms. The maximum absolute atomic E-state index is 4.94. The molecular weight excluding hydrogens is 144 g/mol. The number of nitrogens with one attached hydrogen (secondary N) is 1. The molecule has 0 unspecified atom stereocenters. The topological polar surface area (TPSA) is 47.1 Å². The molecule has 1 N–H and O–H groups in total. The average Bonchev–Trinajstić information content (AvgIpc) is 2.64. The summed E-state index contributed by atoms with van der Waals surface area (Å²) in [6.07, 6.45) is 5.08. The summed E-state index contributed by atoms with van der Waals surface area (Å²) in [5.74, 6) is 0. The minimum atomic E-state index is 0.778. The van der Waals surface area contributed by atoms with Crippen molar-refractivity contribution in [3.63, 3.8) is 0 Å². The van der Waals surface area contributed by atoms with E-state index in [1.54, 1.807) is 18.7 Å². The van der Waals surface area contributed by atoms with Gasteiger partial charge in [-0.1, -0.05) is 0 Å². The van der Waals surface area contributed by atoms with Crippen molar-refractivity contribution in [3.05, 3.63) is 18.7 Å². The standard InChI is InChI=1S/C4H8O2.C3H4N2/c1-2-6-4-3-5-1;1-2-5-3-4-1/h1-4H2;1-3H,(H,4,5). The maximum atomic E-state index is 4.94. The van der Waals surface area contributed by atoms with Gasteiger partial charge in [0.15, 0.2) is 0 Å². The number of ether oxygens (including phenoxy) is 2. The van der Waals surface area contributed by atoms with E-state index >= 15 is 0 Å². The van der Waals surface area contributed by atoms with Crippen molar-refractivity contribution in [3.8, 4) is 0 Å². The normalized spacial score (nSPS) is 16.7. The van der Waals surface area contributed by atoms with Gasteiger partial charge in [0.2, 0.25) is 0 Å². The van der Waals surface area contributed by atoms with E-state index in [-0.39, 0.29) is 0 Å². The highest BCUT2D eigenvalue weighted by atomic mass is 16.6. The van der Waals surface area contributed by atoms with Crippen molar-refractivity contribution in [1.82, 2.24) is 9.97 Å². The largest absolute Gasteiger partial charge is 0.377 e. The van der Waals surface area contributed by atoms with Crippen LogP contribution in [0.3, 0.4) is 0 Å². The summed E-state index contributed by atoms with van der Waals surface area (Å²) in [6, 6.07) is 0. The summed E-state index contributed by atoms with van der Waals surface area (Å²) >= 11 is 0. The van der Waals surface area contributed by atoms with Crippen LogP contribution in [0.4, 0.5) is 0 Å². The third kappa shape index (κ3) is 4.52. The first-order valence-corrected chi connectivity index (χ1v) is 3.58. The van der Waals surface area contributed by atoms with Crippen molar-refractivity contribution < 1.29 is 9.47 Å². The van der Waals surface area contributed by atoms with Crippen LogP contribution >= 0.6 is 0 Å². The minimum Gasteiger partial charge on any atom is -0.377 e. The highest BCUT2D eigenvalue weighted by molar-refractivity contribution is 4.64. The van der Waals surface area contributed by atoms with Crippen molar-refractivity contribution >= 4 is 0 Å². The number of H-pyrrole nitrogens is 1. The molecule has 1 saturated heterocycles. The van der Waals surface area contributed by atoms with E-state index in [2.05, 4.69) is 9.97 Å². The molecule has 1 fully saturated rings. The molecule has 0 aliphatic carbocycles. The summed E-state index contributed by atoms with van der Waals surface area (Å²) in [5, 5.41) is 0. The average molecular weight is 156 g/mol. The van der Waals surface area contributed by atoms with Gasteiger partial charge in [0, 0.05) is 12.4 Å². The van der Waals surface area contributed by atoms with Crippen LogP contribution in [-0.2, 0) is 9.47 Å². The van der Waals surface area contributed by atoms with Gasteiger partial charge in [0.1, 0.15) is 0 Å². The molecule has 0 amide bonds. The Morgan fingerprint density at radius 1 is 1.09 bits per heavy atom. The van der Waals surface area contributed by atoms with Crippen molar-refractivity contribution in [2.45, 2.75) is 0 Å². The maximum Gasteiger partial charge on any atom is 0.0919 e. The Hall–Kier alpha value is -0.870. The van der Waals surface area contributed by atoms with Gasteiger partial charge in [0.05, 0.1) is 32.8 Å². The smallest absolute Gasteiger partial charge is 0.0919 e. The first-order chi connectivity index (χ1) is 5.50. The predicted molar refractivity (Wildman–Crippen MR) is 40.2 cm³/mol. The fraction of sp³-hybridized carbons (Fsp3) is 0.571. The Morgan fingerprint density at radius 2 is 1.73 bits per heavy atom. The van der Waals surface area contributed by atoms with Crippen LogP contribution in [0, 0.1) is 0 Å². The van der Waals surface area contributed by atoms with Crippen molar-refractivity contribution in [2.75, 3.05) is 26.4 Å². The molecular formula is C7H12N2O2. The predicted octanol–water partition coefficient (Wildman–Crippen LogP) is 0.443. The van der Waals surface area contributed by atoms with E-state index in [4.69, 9.17) is 9.47 Å². The first-order valence-electron chi connectivity index (χ1n) is 3.58. The lowest BCUT2D eigenvalue weighted by Gasteiger charge is -2.09. The Bertz CT molecular complexity index is 121. The molecule has 1 aliphatic rings. The Kier molecular flexibility index (Phi) is 4.40. The number of aromatic nitrogens is 2. The lowest BCUT2D eigenvalue weighted by molar-refractivity contribution is -0.0334. The zero-order chi connectivity index (χ0) is 7.78. The number of hydrogen-bond acceptors (Lipinski definition) is 3. The summed E-state index contributed by atoms with van der Waals surface area (Å²) < 4.78 is 9.89. The van der Waals surface area contributed by atoms with Gasteiger partial charge in [0.25, 0.3) is 0 Å². The van der Waals surface area contributed by atoms with Gasteiger partial charge in [-0.25, -0.2) is 4.98 Å². The molecule has 0 spiro atoms. The molecule has 62 valence electrons. The highest BCUT2D eigenvalue weighted by Crippen LogP contribution is 1.85. The lowest BCUT2D eigenvalue weighted by atomic mass is 10.6. The van der Waals surface area contributed by atoms with Crippen LogP contribution < -0.4 is 0 Å². The summed E-state index contributed by atoms with van der Waals surface area (Å²) in [4.78, 5) is 6.42. The second kappa shape index (κ2) is 5.88. The van der Waals surface area contributed by atoms with Crippen LogP contribution in [0.1, 0.15) is 0 Å². The van der Waals surface area contributed by atoms with Gasteiger partial charge in [-0.05, 0) is 0 Å². The molecule has 1 aromatic rings. The van der Waals surface area contributed by atoms with Gasteiger partial charge in [-0.15, -0.1) is 0 Å². The molecule has 1 aromatic heterocycles. The molecule has 0 radical (unpaired) electrons. The molecule has 0 aromatic carbocycles. The molecule has 0 saturated carbocycles. The molecule has 2 rings (SSSR count). The third-order valence-electron chi connectivity index (χ3n) is 1.15. The zero-order valence-electron chi connectivity index (χ0n) is 6.32. The number of nitrogens with zero attached hydrogens (tertiary/aromatic N) is 1. The Morgan fingerprint density at radius 3 is 1.91 bits per heavy atom. The quantitative estimate of drug-likeness (QED) is 0.593. The zero-order valence-corrected chi connectivity index (χ0v) is 6.32. The molecule has 1 aliphatic heterocycles. The summed E-state index contributed by atoms with van der Waals surface area (Å²) in [7, 11) is 0. The van der Waals surface area contributed by atoms with Crippen LogP contribution in [0.2, 0.25) is 0 Å². The number of hydrogen-bond donors (Lipinski definition) is 1. The fourth-order valence-electron chi connectivity index (χ4n) is 0.655. The Labute approximate surface area is 65.5 Å². The van der Waals surface area contributed by atoms with E-state index in [9.17, 15) is 0 Å². The van der Waals surface area contributed by atoms with Crippen molar-refractivity contribution in [1.29, 1.82) is 0 Å². The SMILES string of the molecule is C1COCCO1.c1c[nH]cn1. The monoisotopic (exact) mass is 156 g/mol. The number of imidazole rings is 1. The number of aromatic amines is 1. The molecule has 4 heteroatoms.